The summed E-state index contributed by atoms with van der Waals surface area (Å²) in [7, 11) is 0. The molecular weight excluding hydrogens is 276 g/mol. The highest BCUT2D eigenvalue weighted by Crippen LogP contribution is 2.19. The summed E-state index contributed by atoms with van der Waals surface area (Å²) in [6, 6.07) is -0.138. The smallest absolute Gasteiger partial charge is 0.312 e. The Hall–Kier alpha value is -0.950. The minimum absolute atomic E-state index is 0.0972. The highest BCUT2D eigenvalue weighted by Gasteiger charge is 2.28. The molecule has 3 amide bonds. The van der Waals surface area contributed by atoms with Crippen molar-refractivity contribution >= 4 is 23.7 Å². The van der Waals surface area contributed by atoms with Gasteiger partial charge in [0.05, 0.1) is 0 Å². The number of rotatable bonds is 4. The zero-order valence-electron chi connectivity index (χ0n) is 11.8. The predicted octanol–water partition coefficient (Wildman–Crippen LogP) is 0.131. The van der Waals surface area contributed by atoms with Crippen LogP contribution in [0.1, 0.15) is 25.7 Å². The zero-order valence-corrected chi connectivity index (χ0v) is 12.6. The topological polar surface area (TPSA) is 87.5 Å². The van der Waals surface area contributed by atoms with Crippen molar-refractivity contribution in [2.45, 2.75) is 37.8 Å². The molecule has 20 heavy (non-hydrogen) atoms. The number of nitrogens with two attached hydrogens (primary N) is 1. The van der Waals surface area contributed by atoms with Crippen molar-refractivity contribution in [1.82, 2.24) is 15.5 Å². The summed E-state index contributed by atoms with van der Waals surface area (Å²) in [4.78, 5) is 25.2. The van der Waals surface area contributed by atoms with Gasteiger partial charge in [-0.2, -0.15) is 11.8 Å². The Morgan fingerprint density at radius 1 is 1.40 bits per heavy atom. The van der Waals surface area contributed by atoms with E-state index in [1.807, 2.05) is 16.7 Å². The van der Waals surface area contributed by atoms with Gasteiger partial charge in [-0.1, -0.05) is 0 Å². The molecule has 0 radical (unpaired) electrons. The van der Waals surface area contributed by atoms with Crippen molar-refractivity contribution in [3.63, 3.8) is 0 Å². The first kappa shape index (κ1) is 15.4. The van der Waals surface area contributed by atoms with Crippen LogP contribution in [0.5, 0.6) is 0 Å². The number of primary amides is 1. The van der Waals surface area contributed by atoms with Gasteiger partial charge < -0.3 is 21.3 Å². The van der Waals surface area contributed by atoms with Crippen LogP contribution in [0.25, 0.3) is 0 Å². The first-order valence-electron chi connectivity index (χ1n) is 7.30. The van der Waals surface area contributed by atoms with Gasteiger partial charge in [0.25, 0.3) is 0 Å². The number of urea groups is 1. The normalized spacial score (nSPS) is 27.1. The summed E-state index contributed by atoms with van der Waals surface area (Å²) >= 11 is 1.90. The number of piperidine rings is 1. The highest BCUT2D eigenvalue weighted by molar-refractivity contribution is 7.99. The maximum atomic E-state index is 12.5. The van der Waals surface area contributed by atoms with Crippen LogP contribution in [-0.2, 0) is 4.79 Å². The van der Waals surface area contributed by atoms with Gasteiger partial charge in [-0.3, -0.25) is 4.79 Å². The second-order valence-electron chi connectivity index (χ2n) is 5.41. The van der Waals surface area contributed by atoms with Crippen molar-refractivity contribution in [1.29, 1.82) is 0 Å². The molecule has 7 heteroatoms. The van der Waals surface area contributed by atoms with Crippen LogP contribution in [0.3, 0.4) is 0 Å². The Labute approximate surface area is 124 Å². The van der Waals surface area contributed by atoms with E-state index < -0.39 is 6.03 Å². The number of carbonyl (C=O) groups excluding carboxylic acids is 2. The number of nitrogens with zero attached hydrogens (tertiary/aromatic N) is 1. The monoisotopic (exact) mass is 300 g/mol. The van der Waals surface area contributed by atoms with Gasteiger partial charge in [0.1, 0.15) is 0 Å². The molecule has 2 unspecified atom stereocenters. The van der Waals surface area contributed by atoms with E-state index in [4.69, 9.17) is 5.73 Å². The van der Waals surface area contributed by atoms with Crippen molar-refractivity contribution < 1.29 is 9.59 Å². The fraction of sp³-hybridized carbons (Fsp3) is 0.846. The molecule has 2 aliphatic heterocycles. The van der Waals surface area contributed by atoms with E-state index in [0.29, 0.717) is 13.0 Å². The second-order valence-corrected chi connectivity index (χ2v) is 6.56. The molecule has 0 bridgehead atoms. The van der Waals surface area contributed by atoms with Gasteiger partial charge in [0.15, 0.2) is 0 Å². The maximum absolute atomic E-state index is 12.5. The van der Waals surface area contributed by atoms with Crippen molar-refractivity contribution in [2.75, 3.05) is 31.1 Å². The minimum atomic E-state index is -0.520. The van der Waals surface area contributed by atoms with Crippen LogP contribution in [0, 0.1) is 0 Å². The molecule has 6 nitrogen and oxygen atoms in total. The van der Waals surface area contributed by atoms with Crippen molar-refractivity contribution in [3.8, 4) is 0 Å². The van der Waals surface area contributed by atoms with Crippen LogP contribution in [0.15, 0.2) is 0 Å². The maximum Gasteiger partial charge on any atom is 0.312 e. The van der Waals surface area contributed by atoms with E-state index in [1.54, 1.807) is 0 Å². The molecule has 0 aromatic rings. The standard InChI is InChI=1S/C13H24N4O2S/c14-13(19)16-8-11-3-1-2-5-17(11)12(18)7-10-9-20-6-4-15-10/h10-11,15H,1-9H2,(H3,14,16,19). The summed E-state index contributed by atoms with van der Waals surface area (Å²) in [5.74, 6) is 2.32. The molecule has 2 rings (SSSR count). The van der Waals surface area contributed by atoms with Gasteiger partial charge in [-0.25, -0.2) is 4.79 Å². The molecule has 0 aromatic carbocycles. The van der Waals surface area contributed by atoms with E-state index in [9.17, 15) is 9.59 Å². The van der Waals surface area contributed by atoms with E-state index in [0.717, 1.165) is 43.9 Å². The number of nitrogens with one attached hydrogen (secondary N) is 2. The number of amides is 3. The quantitative estimate of drug-likeness (QED) is 0.689. The molecule has 2 heterocycles. The van der Waals surface area contributed by atoms with Crippen LogP contribution >= 0.6 is 11.8 Å². The predicted molar refractivity (Wildman–Crippen MR) is 80.7 cm³/mol. The SMILES string of the molecule is NC(=O)NCC1CCCCN1C(=O)CC1CSCCN1. The van der Waals surface area contributed by atoms with Crippen LogP contribution < -0.4 is 16.4 Å². The number of carbonyl (C=O) groups is 2. The Bertz CT molecular complexity index is 347. The fourth-order valence-corrected chi connectivity index (χ4v) is 3.79. The van der Waals surface area contributed by atoms with E-state index in [2.05, 4.69) is 10.6 Å². The van der Waals surface area contributed by atoms with Crippen LogP contribution in [0.2, 0.25) is 0 Å². The van der Waals surface area contributed by atoms with E-state index >= 15 is 0 Å². The lowest BCUT2D eigenvalue weighted by atomic mass is 10.0. The number of hydrogen-bond donors (Lipinski definition) is 3. The van der Waals surface area contributed by atoms with Crippen molar-refractivity contribution in [2.24, 2.45) is 5.73 Å². The van der Waals surface area contributed by atoms with Gasteiger partial charge in [0.2, 0.25) is 5.91 Å². The lowest BCUT2D eigenvalue weighted by Crippen LogP contribution is -2.52. The minimum Gasteiger partial charge on any atom is -0.352 e. The van der Waals surface area contributed by atoms with Crippen LogP contribution in [-0.4, -0.2) is 60.1 Å². The van der Waals surface area contributed by atoms with Gasteiger partial charge in [0, 0.05) is 49.6 Å². The van der Waals surface area contributed by atoms with Crippen molar-refractivity contribution in [3.05, 3.63) is 0 Å². The first-order valence-corrected chi connectivity index (χ1v) is 8.46. The fourth-order valence-electron chi connectivity index (χ4n) is 2.84. The molecule has 2 aliphatic rings. The summed E-state index contributed by atoms with van der Waals surface area (Å²) < 4.78 is 0. The zero-order chi connectivity index (χ0) is 14.4. The Balaban J connectivity index is 1.85. The van der Waals surface area contributed by atoms with Crippen LogP contribution in [0.4, 0.5) is 4.79 Å². The third-order valence-electron chi connectivity index (χ3n) is 3.88. The van der Waals surface area contributed by atoms with Gasteiger partial charge in [-0.05, 0) is 19.3 Å². The Morgan fingerprint density at radius 2 is 2.25 bits per heavy atom. The Morgan fingerprint density at radius 3 is 2.95 bits per heavy atom. The van der Waals surface area contributed by atoms with Gasteiger partial charge >= 0.3 is 6.03 Å². The molecular formula is C13H24N4O2S. The highest BCUT2D eigenvalue weighted by atomic mass is 32.2. The third kappa shape index (κ3) is 4.56. The molecule has 0 saturated carbocycles. The van der Waals surface area contributed by atoms with E-state index in [-0.39, 0.29) is 18.0 Å². The summed E-state index contributed by atoms with van der Waals surface area (Å²) in [5, 5.41) is 6.03. The second kappa shape index (κ2) is 7.73. The molecule has 0 aromatic heterocycles. The molecule has 114 valence electrons. The number of likely N-dealkylation sites (tertiary alicyclic amines) is 1. The average molecular weight is 300 g/mol. The largest absolute Gasteiger partial charge is 0.352 e. The molecule has 0 aliphatic carbocycles. The molecule has 0 spiro atoms. The Kier molecular flexibility index (Phi) is 5.97. The average Bonchev–Trinajstić information content (AvgIpc) is 2.46. The number of thioether (sulfide) groups is 1. The third-order valence-corrected chi connectivity index (χ3v) is 5.01. The molecule has 2 fully saturated rings. The first-order chi connectivity index (χ1) is 9.66. The van der Waals surface area contributed by atoms with E-state index in [1.165, 1.54) is 0 Å². The lowest BCUT2D eigenvalue weighted by Gasteiger charge is -2.37. The van der Waals surface area contributed by atoms with Gasteiger partial charge in [-0.15, -0.1) is 0 Å². The molecule has 2 saturated heterocycles. The summed E-state index contributed by atoms with van der Waals surface area (Å²) in [6.07, 6.45) is 3.65. The summed E-state index contributed by atoms with van der Waals surface area (Å²) in [6.45, 7) is 2.24. The summed E-state index contributed by atoms with van der Waals surface area (Å²) in [5.41, 5.74) is 5.11. The lowest BCUT2D eigenvalue weighted by molar-refractivity contribution is -0.135. The molecule has 2 atom stereocenters. The molecule has 4 N–H and O–H groups in total. The number of hydrogen-bond acceptors (Lipinski definition) is 4.